The number of nitrogen functional groups attached to an aromatic ring is 1. The number of rotatable bonds is 5. The van der Waals surface area contributed by atoms with Gasteiger partial charge in [-0.2, -0.15) is 0 Å². The van der Waals surface area contributed by atoms with Crippen LogP contribution >= 0.6 is 0 Å². The lowest BCUT2D eigenvalue weighted by molar-refractivity contribution is 0.778. The van der Waals surface area contributed by atoms with Crippen LogP contribution in [0.5, 0.6) is 0 Å². The molecule has 0 spiro atoms. The van der Waals surface area contributed by atoms with Crippen molar-refractivity contribution in [2.75, 3.05) is 17.2 Å². The highest BCUT2D eigenvalue weighted by Gasteiger charge is 2.10. The standard InChI is InChI=1S/C15H21N5/c1-4-14-18-13(16)9-15(19-14)20(5-2)10-12-8-6-7-11(3)17-12/h6-9H,4-5,10H2,1-3H3,(H2,16,18,19). The van der Waals surface area contributed by atoms with Gasteiger partial charge in [0.25, 0.3) is 0 Å². The topological polar surface area (TPSA) is 67.9 Å². The van der Waals surface area contributed by atoms with Gasteiger partial charge in [-0.15, -0.1) is 0 Å². The highest BCUT2D eigenvalue weighted by atomic mass is 15.2. The van der Waals surface area contributed by atoms with E-state index >= 15 is 0 Å². The second-order valence-electron chi connectivity index (χ2n) is 4.71. The SMILES string of the molecule is CCc1nc(N)cc(N(CC)Cc2cccc(C)n2)n1. The van der Waals surface area contributed by atoms with Crippen molar-refractivity contribution in [1.29, 1.82) is 0 Å². The van der Waals surface area contributed by atoms with Crippen LogP contribution in [0.2, 0.25) is 0 Å². The van der Waals surface area contributed by atoms with Crippen molar-refractivity contribution in [3.63, 3.8) is 0 Å². The largest absolute Gasteiger partial charge is 0.384 e. The highest BCUT2D eigenvalue weighted by molar-refractivity contribution is 5.47. The van der Waals surface area contributed by atoms with Crippen molar-refractivity contribution in [3.05, 3.63) is 41.5 Å². The first kappa shape index (κ1) is 14.2. The monoisotopic (exact) mass is 271 g/mol. The molecule has 5 heteroatoms. The average molecular weight is 271 g/mol. The molecule has 20 heavy (non-hydrogen) atoms. The molecule has 0 amide bonds. The minimum Gasteiger partial charge on any atom is -0.384 e. The van der Waals surface area contributed by atoms with E-state index in [1.54, 1.807) is 0 Å². The van der Waals surface area contributed by atoms with Gasteiger partial charge in [0, 0.05) is 24.7 Å². The number of nitrogens with zero attached hydrogens (tertiary/aromatic N) is 4. The molecule has 0 aliphatic rings. The summed E-state index contributed by atoms with van der Waals surface area (Å²) in [6, 6.07) is 7.87. The molecule has 2 aromatic rings. The zero-order valence-corrected chi connectivity index (χ0v) is 12.3. The Hall–Kier alpha value is -2.17. The highest BCUT2D eigenvalue weighted by Crippen LogP contribution is 2.16. The van der Waals surface area contributed by atoms with Gasteiger partial charge in [-0.1, -0.05) is 13.0 Å². The van der Waals surface area contributed by atoms with E-state index in [1.807, 2.05) is 38.1 Å². The number of aryl methyl sites for hydroxylation is 2. The fourth-order valence-corrected chi connectivity index (χ4v) is 2.06. The Bertz CT molecular complexity index is 582. The predicted octanol–water partition coefficient (Wildman–Crippen LogP) is 2.35. The van der Waals surface area contributed by atoms with E-state index in [2.05, 4.69) is 26.8 Å². The fraction of sp³-hybridized carbons (Fsp3) is 0.400. The van der Waals surface area contributed by atoms with Gasteiger partial charge < -0.3 is 10.6 Å². The summed E-state index contributed by atoms with van der Waals surface area (Å²) in [6.07, 6.45) is 0.776. The molecular weight excluding hydrogens is 250 g/mol. The zero-order chi connectivity index (χ0) is 14.5. The second-order valence-corrected chi connectivity index (χ2v) is 4.71. The smallest absolute Gasteiger partial charge is 0.134 e. The summed E-state index contributed by atoms with van der Waals surface area (Å²) >= 11 is 0. The molecule has 0 unspecified atom stereocenters. The third-order valence-electron chi connectivity index (χ3n) is 3.10. The van der Waals surface area contributed by atoms with Crippen molar-refractivity contribution >= 4 is 11.6 Å². The Morgan fingerprint density at radius 1 is 1.15 bits per heavy atom. The molecule has 2 rings (SSSR count). The lowest BCUT2D eigenvalue weighted by Gasteiger charge is -2.22. The molecule has 0 fully saturated rings. The van der Waals surface area contributed by atoms with E-state index in [-0.39, 0.29) is 0 Å². The number of hydrogen-bond donors (Lipinski definition) is 1. The maximum Gasteiger partial charge on any atom is 0.134 e. The van der Waals surface area contributed by atoms with Crippen molar-refractivity contribution in [2.24, 2.45) is 0 Å². The van der Waals surface area contributed by atoms with Crippen LogP contribution < -0.4 is 10.6 Å². The summed E-state index contributed by atoms with van der Waals surface area (Å²) < 4.78 is 0. The molecule has 0 saturated carbocycles. The minimum absolute atomic E-state index is 0.516. The summed E-state index contributed by atoms with van der Waals surface area (Å²) in [5.41, 5.74) is 7.90. The van der Waals surface area contributed by atoms with Gasteiger partial charge in [-0.25, -0.2) is 9.97 Å². The summed E-state index contributed by atoms with van der Waals surface area (Å²) in [5, 5.41) is 0. The Kier molecular flexibility index (Phi) is 4.50. The molecule has 0 aliphatic heterocycles. The summed E-state index contributed by atoms with van der Waals surface area (Å²) in [5.74, 6) is 2.15. The van der Waals surface area contributed by atoms with E-state index in [1.165, 1.54) is 0 Å². The first-order valence-corrected chi connectivity index (χ1v) is 6.93. The van der Waals surface area contributed by atoms with Crippen LogP contribution in [0.15, 0.2) is 24.3 Å². The number of pyridine rings is 1. The molecule has 2 heterocycles. The number of aromatic nitrogens is 3. The Morgan fingerprint density at radius 2 is 1.95 bits per heavy atom. The molecule has 0 bridgehead atoms. The maximum absolute atomic E-state index is 5.85. The third kappa shape index (κ3) is 3.44. The van der Waals surface area contributed by atoms with E-state index in [9.17, 15) is 0 Å². The van der Waals surface area contributed by atoms with Gasteiger partial charge in [0.2, 0.25) is 0 Å². The number of hydrogen-bond acceptors (Lipinski definition) is 5. The molecule has 0 aromatic carbocycles. The van der Waals surface area contributed by atoms with Gasteiger partial charge in [0.1, 0.15) is 17.5 Å². The van der Waals surface area contributed by atoms with Crippen LogP contribution in [0.3, 0.4) is 0 Å². The quantitative estimate of drug-likeness (QED) is 0.904. The van der Waals surface area contributed by atoms with Crippen molar-refractivity contribution in [1.82, 2.24) is 15.0 Å². The first-order chi connectivity index (χ1) is 9.62. The van der Waals surface area contributed by atoms with Gasteiger partial charge in [0.05, 0.1) is 12.2 Å². The van der Waals surface area contributed by atoms with Crippen molar-refractivity contribution < 1.29 is 0 Å². The van der Waals surface area contributed by atoms with Crippen LogP contribution in [0.25, 0.3) is 0 Å². The lowest BCUT2D eigenvalue weighted by Crippen LogP contribution is -2.24. The predicted molar refractivity (Wildman–Crippen MR) is 81.5 cm³/mol. The van der Waals surface area contributed by atoms with Crippen LogP contribution in [-0.4, -0.2) is 21.5 Å². The summed E-state index contributed by atoms with van der Waals surface area (Å²) in [6.45, 7) is 7.68. The van der Waals surface area contributed by atoms with Crippen LogP contribution in [0.4, 0.5) is 11.6 Å². The molecule has 2 aromatic heterocycles. The Labute approximate surface area is 119 Å². The van der Waals surface area contributed by atoms with E-state index in [0.717, 1.165) is 42.5 Å². The van der Waals surface area contributed by atoms with Gasteiger partial charge in [-0.3, -0.25) is 4.98 Å². The van der Waals surface area contributed by atoms with E-state index in [0.29, 0.717) is 5.82 Å². The number of nitrogens with two attached hydrogens (primary N) is 1. The van der Waals surface area contributed by atoms with Gasteiger partial charge in [0.15, 0.2) is 0 Å². The van der Waals surface area contributed by atoms with E-state index < -0.39 is 0 Å². The molecule has 2 N–H and O–H groups in total. The molecule has 0 aliphatic carbocycles. The van der Waals surface area contributed by atoms with Crippen molar-refractivity contribution in [2.45, 2.75) is 33.7 Å². The van der Waals surface area contributed by atoms with Gasteiger partial charge in [-0.05, 0) is 26.0 Å². The molecule has 5 nitrogen and oxygen atoms in total. The maximum atomic E-state index is 5.85. The minimum atomic E-state index is 0.516. The molecule has 0 radical (unpaired) electrons. The normalized spacial score (nSPS) is 10.6. The third-order valence-corrected chi connectivity index (χ3v) is 3.10. The molecular formula is C15H21N5. The average Bonchev–Trinajstić information content (AvgIpc) is 2.44. The van der Waals surface area contributed by atoms with Crippen LogP contribution in [0.1, 0.15) is 31.1 Å². The van der Waals surface area contributed by atoms with Crippen molar-refractivity contribution in [3.8, 4) is 0 Å². The summed E-state index contributed by atoms with van der Waals surface area (Å²) in [7, 11) is 0. The fourth-order valence-electron chi connectivity index (χ4n) is 2.06. The van der Waals surface area contributed by atoms with Crippen LogP contribution in [0, 0.1) is 6.92 Å². The van der Waals surface area contributed by atoms with Gasteiger partial charge >= 0.3 is 0 Å². The molecule has 0 atom stereocenters. The summed E-state index contributed by atoms with van der Waals surface area (Å²) in [4.78, 5) is 15.5. The van der Waals surface area contributed by atoms with E-state index in [4.69, 9.17) is 5.73 Å². The first-order valence-electron chi connectivity index (χ1n) is 6.93. The lowest BCUT2D eigenvalue weighted by atomic mass is 10.3. The van der Waals surface area contributed by atoms with Crippen LogP contribution in [-0.2, 0) is 13.0 Å². The second kappa shape index (κ2) is 6.32. The molecule has 0 saturated heterocycles. The number of anilines is 2. The Morgan fingerprint density at radius 3 is 2.60 bits per heavy atom. The molecule has 106 valence electrons. The zero-order valence-electron chi connectivity index (χ0n) is 12.3. The Balaban J connectivity index is 2.26.